The number of hydrogen-bond acceptors (Lipinski definition) is 0. The lowest BCUT2D eigenvalue weighted by Crippen LogP contribution is -2.17. The molecule has 0 spiro atoms. The summed E-state index contributed by atoms with van der Waals surface area (Å²) in [5.74, 6) is 0. The first-order valence-corrected chi connectivity index (χ1v) is 21.9. The summed E-state index contributed by atoms with van der Waals surface area (Å²) in [7, 11) is 0. The first-order valence-electron chi connectivity index (χ1n) is 21.9. The van der Waals surface area contributed by atoms with E-state index in [4.69, 9.17) is 0 Å². The van der Waals surface area contributed by atoms with Crippen LogP contribution in [0.15, 0.2) is 121 Å². The fraction of sp³-hybridized carbons (Fsp3) is 0.276. The lowest BCUT2D eigenvalue weighted by atomic mass is 9.79. The Hall–Kier alpha value is -5.86. The van der Waals surface area contributed by atoms with Gasteiger partial charge in [0.2, 0.25) is 0 Å². The number of hydrogen-bond donors (Lipinski definition) is 0. The highest BCUT2D eigenvalue weighted by molar-refractivity contribution is 6.45. The van der Waals surface area contributed by atoms with Crippen LogP contribution in [0.3, 0.4) is 0 Å². The zero-order valence-corrected chi connectivity index (χ0v) is 37.4. The van der Waals surface area contributed by atoms with Gasteiger partial charge < -0.3 is 8.80 Å². The van der Waals surface area contributed by atoms with Crippen molar-refractivity contribution >= 4 is 76.2 Å². The van der Waals surface area contributed by atoms with Crippen LogP contribution in [0.4, 0.5) is 0 Å². The minimum Gasteiger partial charge on any atom is -0.308 e. The van der Waals surface area contributed by atoms with Crippen LogP contribution in [0.2, 0.25) is 0 Å². The van der Waals surface area contributed by atoms with E-state index in [1.54, 1.807) is 0 Å². The van der Waals surface area contributed by atoms with Crippen molar-refractivity contribution in [2.75, 3.05) is 0 Å². The van der Waals surface area contributed by atoms with Gasteiger partial charge in [0.1, 0.15) is 0 Å². The Morgan fingerprint density at radius 1 is 0.300 bits per heavy atom. The van der Waals surface area contributed by atoms with Crippen LogP contribution < -0.4 is 0 Å². The van der Waals surface area contributed by atoms with E-state index < -0.39 is 0 Å². The van der Waals surface area contributed by atoms with Crippen molar-refractivity contribution in [2.45, 2.75) is 105 Å². The summed E-state index contributed by atoms with van der Waals surface area (Å²) in [5, 5.41) is 10.9. The highest BCUT2D eigenvalue weighted by Crippen LogP contribution is 2.55. The molecule has 0 saturated heterocycles. The van der Waals surface area contributed by atoms with Gasteiger partial charge in [0, 0.05) is 43.1 Å². The average Bonchev–Trinajstić information content (AvgIpc) is 3.92. The molecule has 0 bridgehead atoms. The minimum absolute atomic E-state index is 0.0270. The third-order valence-electron chi connectivity index (χ3n) is 13.7. The number of benzene rings is 7. The summed E-state index contributed by atoms with van der Waals surface area (Å²) in [4.78, 5) is 0. The Morgan fingerprint density at radius 3 is 0.983 bits per heavy atom. The Labute approximate surface area is 354 Å². The molecule has 0 amide bonds. The van der Waals surface area contributed by atoms with Gasteiger partial charge in [-0.15, -0.1) is 0 Å². The Morgan fingerprint density at radius 2 is 0.650 bits per heavy atom. The van der Waals surface area contributed by atoms with Gasteiger partial charge in [-0.3, -0.25) is 0 Å². The summed E-state index contributed by atoms with van der Waals surface area (Å²) < 4.78 is 5.39. The van der Waals surface area contributed by atoms with Crippen molar-refractivity contribution in [1.82, 2.24) is 8.80 Å². The normalized spacial score (nSPS) is 13.7. The first-order chi connectivity index (χ1) is 28.3. The number of aromatic nitrogens is 2. The van der Waals surface area contributed by atoms with Gasteiger partial charge >= 0.3 is 0 Å². The highest BCUT2D eigenvalue weighted by atomic mass is 15.0. The van der Waals surface area contributed by atoms with E-state index in [1.807, 2.05) is 0 Å². The monoisotopic (exact) mass is 780 g/mol. The van der Waals surface area contributed by atoms with Crippen LogP contribution in [-0.4, -0.2) is 8.80 Å². The van der Waals surface area contributed by atoms with Crippen LogP contribution in [0.5, 0.6) is 0 Å². The third kappa shape index (κ3) is 5.06. The molecule has 0 atom stereocenters. The van der Waals surface area contributed by atoms with Crippen molar-refractivity contribution in [3.8, 4) is 22.3 Å². The molecule has 0 aliphatic rings. The van der Waals surface area contributed by atoms with E-state index in [0.29, 0.717) is 0 Å². The maximum atomic E-state index is 2.70. The van der Waals surface area contributed by atoms with Gasteiger partial charge in [-0.2, -0.15) is 0 Å². The zero-order valence-electron chi connectivity index (χ0n) is 37.4. The third-order valence-corrected chi connectivity index (χ3v) is 13.7. The molecule has 0 unspecified atom stereocenters. The van der Waals surface area contributed by atoms with Gasteiger partial charge in [-0.1, -0.05) is 180 Å². The van der Waals surface area contributed by atoms with E-state index >= 15 is 0 Å². The quantitative estimate of drug-likeness (QED) is 0.165. The van der Waals surface area contributed by atoms with Gasteiger partial charge in [0.15, 0.2) is 0 Å². The largest absolute Gasteiger partial charge is 0.308 e. The molecule has 0 aliphatic carbocycles. The van der Waals surface area contributed by atoms with E-state index in [1.165, 1.54) is 121 Å². The topological polar surface area (TPSA) is 8.82 Å². The molecule has 0 radical (unpaired) electrons. The van der Waals surface area contributed by atoms with E-state index in [9.17, 15) is 0 Å². The van der Waals surface area contributed by atoms with Gasteiger partial charge in [-0.05, 0) is 90.4 Å². The first kappa shape index (κ1) is 37.2. The summed E-state index contributed by atoms with van der Waals surface area (Å²) in [5.41, 5.74) is 18.2. The predicted octanol–water partition coefficient (Wildman–Crippen LogP) is 16.5. The maximum Gasteiger partial charge on any atom is 0.0634 e. The molecule has 2 heteroatoms. The summed E-state index contributed by atoms with van der Waals surface area (Å²) in [6, 6.07) is 46.6. The molecule has 0 saturated carbocycles. The van der Waals surface area contributed by atoms with Crippen molar-refractivity contribution in [3.63, 3.8) is 0 Å². The number of nitrogens with zero attached hydrogens (tertiary/aromatic N) is 2. The standard InChI is InChI=1S/C58H56N2/c1-55(2,3)37-29-41-49-47-39-25-23-36(34-21-17-14-18-22-34)28-46(39)60-52-42(30-38(56(4,5)6)32-44(52)58(10,11)12)50(54(47)60)48-40-26-24-35(33-19-15-13-16-20-33)27-45(40)59(53(48)49)51(41)43(31-37)57(7,8)9/h13-32H,1-12H3. The molecule has 2 nitrogen and oxygen atoms in total. The Kier molecular flexibility index (Phi) is 7.38. The molecule has 4 aromatic heterocycles. The molecule has 298 valence electrons. The van der Waals surface area contributed by atoms with Crippen LogP contribution in [0.1, 0.15) is 105 Å². The lowest BCUT2D eigenvalue weighted by Gasteiger charge is -2.26. The second kappa shape index (κ2) is 11.9. The van der Waals surface area contributed by atoms with E-state index in [-0.39, 0.29) is 21.7 Å². The fourth-order valence-electron chi connectivity index (χ4n) is 10.5. The van der Waals surface area contributed by atoms with E-state index in [2.05, 4.69) is 213 Å². The van der Waals surface area contributed by atoms with Crippen LogP contribution in [0.25, 0.3) is 98.4 Å². The molecule has 0 aliphatic heterocycles. The van der Waals surface area contributed by atoms with Crippen molar-refractivity contribution < 1.29 is 0 Å². The Bertz CT molecular complexity index is 3290. The predicted molar refractivity (Wildman–Crippen MR) is 261 cm³/mol. The molecular formula is C58H56N2. The second-order valence-electron chi connectivity index (χ2n) is 21.9. The van der Waals surface area contributed by atoms with Crippen molar-refractivity contribution in [2.24, 2.45) is 0 Å². The highest BCUT2D eigenvalue weighted by Gasteiger charge is 2.34. The van der Waals surface area contributed by atoms with Crippen LogP contribution >= 0.6 is 0 Å². The SMILES string of the molecule is CC(C)(C)c1cc(C(C)(C)C)c2c(c1)c1c3c4ccc(-c5ccccc5)cc4n4c5c(C(C)(C)C)cc(C(C)(C)C)cc5c(c5c6ccc(-c7ccccc7)cc6n2c51)c34. The maximum absolute atomic E-state index is 2.70. The summed E-state index contributed by atoms with van der Waals surface area (Å²) in [6.07, 6.45) is 0. The molecule has 60 heavy (non-hydrogen) atoms. The van der Waals surface area contributed by atoms with E-state index in [0.717, 1.165) is 0 Å². The van der Waals surface area contributed by atoms with Gasteiger partial charge in [0.05, 0.1) is 33.1 Å². The zero-order chi connectivity index (χ0) is 42.0. The molecule has 11 aromatic rings. The van der Waals surface area contributed by atoms with Crippen molar-refractivity contribution in [3.05, 3.63) is 144 Å². The minimum atomic E-state index is -0.0965. The fourth-order valence-corrected chi connectivity index (χ4v) is 10.5. The van der Waals surface area contributed by atoms with Gasteiger partial charge in [0.25, 0.3) is 0 Å². The summed E-state index contributed by atoms with van der Waals surface area (Å²) >= 11 is 0. The average molecular weight is 781 g/mol. The van der Waals surface area contributed by atoms with Crippen LogP contribution in [0, 0.1) is 0 Å². The molecule has 11 rings (SSSR count). The Balaban J connectivity index is 1.50. The molecule has 7 aromatic carbocycles. The number of rotatable bonds is 2. The smallest absolute Gasteiger partial charge is 0.0634 e. The second-order valence-corrected chi connectivity index (χ2v) is 21.9. The van der Waals surface area contributed by atoms with Crippen molar-refractivity contribution in [1.29, 1.82) is 0 Å². The summed E-state index contributed by atoms with van der Waals surface area (Å²) in [6.45, 7) is 28.6. The van der Waals surface area contributed by atoms with Gasteiger partial charge in [-0.25, -0.2) is 0 Å². The number of fused-ring (bicyclic) bond motifs is 14. The molecule has 0 N–H and O–H groups in total. The molecular weight excluding hydrogens is 725 g/mol. The lowest BCUT2D eigenvalue weighted by molar-refractivity contribution is 0.571. The van der Waals surface area contributed by atoms with Crippen LogP contribution in [-0.2, 0) is 21.7 Å². The molecule has 4 heterocycles. The molecule has 0 fully saturated rings.